The third-order valence-corrected chi connectivity index (χ3v) is 3.78. The Bertz CT molecular complexity index is 493. The monoisotopic (exact) mass is 276 g/mol. The van der Waals surface area contributed by atoms with Gasteiger partial charge in [0.25, 0.3) is 0 Å². The highest BCUT2D eigenvalue weighted by Crippen LogP contribution is 2.26. The molecule has 2 rings (SSSR count). The highest BCUT2D eigenvalue weighted by Gasteiger charge is 2.18. The van der Waals surface area contributed by atoms with Crippen molar-refractivity contribution in [2.45, 2.75) is 45.3 Å². The smallest absolute Gasteiger partial charge is 0.138 e. The molecule has 0 aliphatic heterocycles. The maximum Gasteiger partial charge on any atom is 0.138 e. The van der Waals surface area contributed by atoms with E-state index in [1.54, 1.807) is 12.1 Å². The van der Waals surface area contributed by atoms with Gasteiger partial charge in [0.05, 0.1) is 18.3 Å². The normalized spacial score (nSPS) is 22.1. The summed E-state index contributed by atoms with van der Waals surface area (Å²) < 4.78 is 19.4. The molecule has 0 atom stereocenters. The van der Waals surface area contributed by atoms with E-state index >= 15 is 0 Å². The van der Waals surface area contributed by atoms with E-state index in [1.807, 2.05) is 0 Å². The van der Waals surface area contributed by atoms with Crippen molar-refractivity contribution in [3.63, 3.8) is 0 Å². The highest BCUT2D eigenvalue weighted by molar-refractivity contribution is 5.38. The highest BCUT2D eigenvalue weighted by atomic mass is 19.1. The first kappa shape index (κ1) is 15.0. The molecule has 108 valence electrons. The van der Waals surface area contributed by atoms with Gasteiger partial charge in [0, 0.05) is 0 Å². The summed E-state index contributed by atoms with van der Waals surface area (Å²) in [6.45, 7) is 2.51. The van der Waals surface area contributed by atoms with E-state index in [2.05, 4.69) is 18.8 Å². The fourth-order valence-electron chi connectivity index (χ4n) is 2.50. The molecule has 0 amide bonds. The Morgan fingerprint density at radius 1 is 1.30 bits per heavy atom. The summed E-state index contributed by atoms with van der Waals surface area (Å²) in [5.74, 6) is 5.53. The summed E-state index contributed by atoms with van der Waals surface area (Å²) in [7, 11) is 0. The number of aliphatic hydroxyl groups excluding tert-OH is 1. The van der Waals surface area contributed by atoms with Crippen molar-refractivity contribution in [2.75, 3.05) is 6.61 Å². The Balaban J connectivity index is 1.92. The molecule has 1 N–H and O–H groups in total. The molecule has 0 spiro atoms. The maximum atomic E-state index is 13.5. The number of halogens is 1. The van der Waals surface area contributed by atoms with Crippen molar-refractivity contribution < 1.29 is 14.2 Å². The lowest BCUT2D eigenvalue weighted by atomic mass is 9.89. The second kappa shape index (κ2) is 7.42. The van der Waals surface area contributed by atoms with Crippen LogP contribution in [0.3, 0.4) is 0 Å². The number of hydrogen-bond acceptors (Lipinski definition) is 2. The molecule has 1 saturated carbocycles. The van der Waals surface area contributed by atoms with Crippen LogP contribution >= 0.6 is 0 Å². The summed E-state index contributed by atoms with van der Waals surface area (Å²) in [6.07, 6.45) is 4.99. The molecule has 1 aromatic rings. The van der Waals surface area contributed by atoms with Crippen LogP contribution in [-0.2, 0) is 11.3 Å². The minimum Gasteiger partial charge on any atom is -0.384 e. The first-order valence-electron chi connectivity index (χ1n) is 7.19. The average molecular weight is 276 g/mol. The second-order valence-electron chi connectivity index (χ2n) is 5.47. The molecule has 3 heteroatoms. The molecule has 1 aliphatic carbocycles. The summed E-state index contributed by atoms with van der Waals surface area (Å²) >= 11 is 0. The van der Waals surface area contributed by atoms with Crippen molar-refractivity contribution in [2.24, 2.45) is 5.92 Å². The van der Waals surface area contributed by atoms with Crippen molar-refractivity contribution >= 4 is 0 Å². The van der Waals surface area contributed by atoms with E-state index in [1.165, 1.54) is 18.9 Å². The fraction of sp³-hybridized carbons (Fsp3) is 0.529. The van der Waals surface area contributed by atoms with Gasteiger partial charge in [-0.15, -0.1) is 0 Å². The van der Waals surface area contributed by atoms with E-state index in [4.69, 9.17) is 9.84 Å². The van der Waals surface area contributed by atoms with Gasteiger partial charge in [0.15, 0.2) is 0 Å². The molecule has 0 aromatic heterocycles. The van der Waals surface area contributed by atoms with Gasteiger partial charge in [-0.05, 0) is 49.3 Å². The van der Waals surface area contributed by atoms with E-state index < -0.39 is 0 Å². The van der Waals surface area contributed by atoms with Crippen LogP contribution < -0.4 is 0 Å². The maximum absolute atomic E-state index is 13.5. The van der Waals surface area contributed by atoms with Crippen LogP contribution in [0.15, 0.2) is 18.2 Å². The third kappa shape index (κ3) is 4.33. The molecule has 0 bridgehead atoms. The molecule has 20 heavy (non-hydrogen) atoms. The molecule has 0 heterocycles. The molecule has 1 aromatic carbocycles. The molecule has 0 unspecified atom stereocenters. The topological polar surface area (TPSA) is 29.5 Å². The Morgan fingerprint density at radius 3 is 2.75 bits per heavy atom. The van der Waals surface area contributed by atoms with Crippen LogP contribution in [0.2, 0.25) is 0 Å². The van der Waals surface area contributed by atoms with Crippen LogP contribution in [-0.4, -0.2) is 17.8 Å². The van der Waals surface area contributed by atoms with Gasteiger partial charge >= 0.3 is 0 Å². The lowest BCUT2D eigenvalue weighted by molar-refractivity contribution is 0.00874. The largest absolute Gasteiger partial charge is 0.384 e. The predicted octanol–water partition coefficient (Wildman–Crippen LogP) is 3.26. The molecular weight excluding hydrogens is 255 g/mol. The van der Waals surface area contributed by atoms with Gasteiger partial charge in [-0.3, -0.25) is 0 Å². The number of rotatable bonds is 3. The number of hydrogen-bond donors (Lipinski definition) is 1. The number of benzene rings is 1. The molecule has 2 nitrogen and oxygen atoms in total. The molecule has 1 aliphatic rings. The van der Waals surface area contributed by atoms with Crippen molar-refractivity contribution in [1.29, 1.82) is 0 Å². The molecule has 1 fully saturated rings. The zero-order chi connectivity index (χ0) is 14.4. The lowest BCUT2D eigenvalue weighted by Crippen LogP contribution is -2.20. The Hall–Kier alpha value is -1.37. The zero-order valence-corrected chi connectivity index (χ0v) is 11.9. The quantitative estimate of drug-likeness (QED) is 0.859. The number of aliphatic hydroxyl groups is 1. The van der Waals surface area contributed by atoms with E-state index in [-0.39, 0.29) is 12.4 Å². The van der Waals surface area contributed by atoms with Gasteiger partial charge in [0.1, 0.15) is 12.4 Å². The predicted molar refractivity (Wildman–Crippen MR) is 76.6 cm³/mol. The van der Waals surface area contributed by atoms with Gasteiger partial charge in [0.2, 0.25) is 0 Å². The van der Waals surface area contributed by atoms with Gasteiger partial charge < -0.3 is 9.84 Å². The summed E-state index contributed by atoms with van der Waals surface area (Å²) in [5.41, 5.74) is 1.24. The van der Waals surface area contributed by atoms with E-state index in [9.17, 15) is 4.39 Å². The van der Waals surface area contributed by atoms with Crippen LogP contribution in [0.25, 0.3) is 0 Å². The summed E-state index contributed by atoms with van der Waals surface area (Å²) in [5, 5.41) is 8.66. The standard InChI is InChI=1S/C17H21FO2/c1-13-4-7-16(8-5-13)20-12-14-6-9-17(18)15(11-14)3-2-10-19/h6,9,11,13,16,19H,4-5,7-8,10,12H2,1H3. The van der Waals surface area contributed by atoms with Crippen molar-refractivity contribution in [1.82, 2.24) is 0 Å². The number of ether oxygens (including phenoxy) is 1. The van der Waals surface area contributed by atoms with Crippen LogP contribution in [0, 0.1) is 23.6 Å². The van der Waals surface area contributed by atoms with E-state index in [0.29, 0.717) is 18.3 Å². The Labute approximate surface area is 120 Å². The second-order valence-corrected chi connectivity index (χ2v) is 5.47. The SMILES string of the molecule is CC1CCC(OCc2ccc(F)c(C#CCO)c2)CC1. The molecule has 0 radical (unpaired) electrons. The fourth-order valence-corrected chi connectivity index (χ4v) is 2.50. The van der Waals surface area contributed by atoms with Gasteiger partial charge in [-0.1, -0.05) is 24.8 Å². The zero-order valence-electron chi connectivity index (χ0n) is 11.9. The first-order chi connectivity index (χ1) is 9.69. The minimum absolute atomic E-state index is 0.263. The summed E-state index contributed by atoms with van der Waals surface area (Å²) in [6, 6.07) is 4.83. The summed E-state index contributed by atoms with van der Waals surface area (Å²) in [4.78, 5) is 0. The third-order valence-electron chi connectivity index (χ3n) is 3.78. The lowest BCUT2D eigenvalue weighted by Gasteiger charge is -2.26. The molecule has 0 saturated heterocycles. The van der Waals surface area contributed by atoms with Crippen LogP contribution in [0.1, 0.15) is 43.7 Å². The van der Waals surface area contributed by atoms with Gasteiger partial charge in [-0.2, -0.15) is 0 Å². The van der Waals surface area contributed by atoms with Crippen molar-refractivity contribution in [3.05, 3.63) is 35.1 Å². The minimum atomic E-state index is -0.360. The first-order valence-corrected chi connectivity index (χ1v) is 7.19. The van der Waals surface area contributed by atoms with Crippen LogP contribution in [0.5, 0.6) is 0 Å². The Morgan fingerprint density at radius 2 is 2.05 bits per heavy atom. The van der Waals surface area contributed by atoms with Crippen molar-refractivity contribution in [3.8, 4) is 11.8 Å². The van der Waals surface area contributed by atoms with E-state index in [0.717, 1.165) is 24.3 Å². The Kier molecular flexibility index (Phi) is 5.58. The van der Waals surface area contributed by atoms with Gasteiger partial charge in [-0.25, -0.2) is 4.39 Å². The average Bonchev–Trinajstić information content (AvgIpc) is 2.46. The molecular formula is C17H21FO2. The van der Waals surface area contributed by atoms with Crippen LogP contribution in [0.4, 0.5) is 4.39 Å².